The lowest BCUT2D eigenvalue weighted by molar-refractivity contribution is -0.148. The summed E-state index contributed by atoms with van der Waals surface area (Å²) in [5.74, 6) is -0.384. The molecule has 5 nitrogen and oxygen atoms in total. The van der Waals surface area contributed by atoms with Gasteiger partial charge in [0.25, 0.3) is 0 Å². The van der Waals surface area contributed by atoms with E-state index in [1.807, 2.05) is 42.5 Å². The van der Waals surface area contributed by atoms with Crippen molar-refractivity contribution in [1.29, 1.82) is 0 Å². The summed E-state index contributed by atoms with van der Waals surface area (Å²) in [5, 5.41) is 0. The Morgan fingerprint density at radius 2 is 1.95 bits per heavy atom. The fourth-order valence-electron chi connectivity index (χ4n) is 2.32. The number of carbonyl (C=O) groups is 2. The minimum absolute atomic E-state index is 0.194. The zero-order valence-corrected chi connectivity index (χ0v) is 12.7. The molecule has 0 aromatic heterocycles. The van der Waals surface area contributed by atoms with Crippen molar-refractivity contribution in [2.45, 2.75) is 32.4 Å². The van der Waals surface area contributed by atoms with Crippen LogP contribution in [0.15, 0.2) is 42.5 Å². The van der Waals surface area contributed by atoms with Crippen LogP contribution in [0.5, 0.6) is 0 Å². The standard InChI is InChI=1S/C17H21NO4/c1-2-21-16(19)15-11-7-4-8-12-18(15)17(20)22-13-14-9-5-3-6-10-14/h3-7,9-10,15H,2,8,11-13H2,1H3. The number of esters is 1. The van der Waals surface area contributed by atoms with E-state index in [4.69, 9.17) is 9.47 Å². The molecule has 0 saturated heterocycles. The first kappa shape index (κ1) is 16.1. The van der Waals surface area contributed by atoms with E-state index in [1.54, 1.807) is 6.92 Å². The molecule has 1 aliphatic rings. The molecule has 1 heterocycles. The van der Waals surface area contributed by atoms with Crippen molar-refractivity contribution in [3.05, 3.63) is 48.0 Å². The molecule has 0 saturated carbocycles. The number of rotatable bonds is 4. The number of amides is 1. The van der Waals surface area contributed by atoms with Gasteiger partial charge in [-0.2, -0.15) is 0 Å². The van der Waals surface area contributed by atoms with Gasteiger partial charge in [0.15, 0.2) is 0 Å². The highest BCUT2D eigenvalue weighted by molar-refractivity contribution is 5.81. The predicted octanol–water partition coefficient (Wildman–Crippen LogP) is 2.91. The Kier molecular flexibility index (Phi) is 6.01. The second-order valence-electron chi connectivity index (χ2n) is 5.00. The molecule has 0 spiro atoms. The minimum atomic E-state index is -0.609. The molecule has 2 rings (SSSR count). The van der Waals surface area contributed by atoms with E-state index in [1.165, 1.54) is 4.90 Å². The van der Waals surface area contributed by atoms with Crippen molar-refractivity contribution < 1.29 is 19.1 Å². The first-order valence-electron chi connectivity index (χ1n) is 7.51. The summed E-state index contributed by atoms with van der Waals surface area (Å²) in [6, 6.07) is 8.85. The summed E-state index contributed by atoms with van der Waals surface area (Å²) in [4.78, 5) is 25.8. The normalized spacial score (nSPS) is 17.7. The fraction of sp³-hybridized carbons (Fsp3) is 0.412. The van der Waals surface area contributed by atoms with Gasteiger partial charge in [-0.3, -0.25) is 4.90 Å². The van der Waals surface area contributed by atoms with Crippen LogP contribution in [0.4, 0.5) is 4.79 Å². The Morgan fingerprint density at radius 3 is 2.68 bits per heavy atom. The van der Waals surface area contributed by atoms with Crippen LogP contribution < -0.4 is 0 Å². The van der Waals surface area contributed by atoms with E-state index in [0.717, 1.165) is 5.56 Å². The van der Waals surface area contributed by atoms with Crippen molar-refractivity contribution in [2.24, 2.45) is 0 Å². The summed E-state index contributed by atoms with van der Waals surface area (Å²) >= 11 is 0. The molecule has 0 radical (unpaired) electrons. The van der Waals surface area contributed by atoms with Crippen molar-refractivity contribution in [2.75, 3.05) is 13.2 Å². The largest absolute Gasteiger partial charge is 0.464 e. The Balaban J connectivity index is 1.99. The van der Waals surface area contributed by atoms with Gasteiger partial charge in [0, 0.05) is 6.54 Å². The Hall–Kier alpha value is -2.30. The Bertz CT molecular complexity index is 527. The maximum Gasteiger partial charge on any atom is 0.410 e. The average molecular weight is 303 g/mol. The molecular weight excluding hydrogens is 282 g/mol. The van der Waals surface area contributed by atoms with E-state index in [2.05, 4.69) is 0 Å². The maximum absolute atomic E-state index is 12.3. The smallest absolute Gasteiger partial charge is 0.410 e. The van der Waals surface area contributed by atoms with Crippen LogP contribution >= 0.6 is 0 Å². The maximum atomic E-state index is 12.3. The quantitative estimate of drug-likeness (QED) is 0.634. The number of nitrogens with zero attached hydrogens (tertiary/aromatic N) is 1. The molecule has 22 heavy (non-hydrogen) atoms. The molecular formula is C17H21NO4. The molecule has 5 heteroatoms. The molecule has 1 aromatic carbocycles. The van der Waals surface area contributed by atoms with Gasteiger partial charge in [0.1, 0.15) is 12.6 Å². The molecule has 1 unspecified atom stereocenters. The summed E-state index contributed by atoms with van der Waals surface area (Å²) < 4.78 is 10.4. The molecule has 118 valence electrons. The average Bonchev–Trinajstić information content (AvgIpc) is 2.80. The predicted molar refractivity (Wildman–Crippen MR) is 82.1 cm³/mol. The lowest BCUT2D eigenvalue weighted by atomic mass is 10.2. The second-order valence-corrected chi connectivity index (χ2v) is 5.00. The van der Waals surface area contributed by atoms with Crippen LogP contribution in [0.25, 0.3) is 0 Å². The molecule has 1 amide bonds. The van der Waals surface area contributed by atoms with Crippen LogP contribution in [0, 0.1) is 0 Å². The van der Waals surface area contributed by atoms with E-state index in [0.29, 0.717) is 26.0 Å². The highest BCUT2D eigenvalue weighted by Gasteiger charge is 2.31. The molecule has 1 aromatic rings. The summed E-state index contributed by atoms with van der Waals surface area (Å²) in [5.41, 5.74) is 0.913. The van der Waals surface area contributed by atoms with E-state index in [-0.39, 0.29) is 12.6 Å². The Morgan fingerprint density at radius 1 is 1.18 bits per heavy atom. The third-order valence-corrected chi connectivity index (χ3v) is 3.44. The van der Waals surface area contributed by atoms with Crippen molar-refractivity contribution in [3.63, 3.8) is 0 Å². The van der Waals surface area contributed by atoms with Gasteiger partial charge in [0.05, 0.1) is 6.61 Å². The lowest BCUT2D eigenvalue weighted by Gasteiger charge is -2.27. The lowest BCUT2D eigenvalue weighted by Crippen LogP contribution is -2.45. The van der Waals surface area contributed by atoms with Crippen LogP contribution in [-0.2, 0) is 20.9 Å². The summed E-state index contributed by atoms with van der Waals surface area (Å²) in [6.07, 6.45) is 4.56. The third kappa shape index (κ3) is 4.35. The molecule has 0 fully saturated rings. The van der Waals surface area contributed by atoms with Gasteiger partial charge in [0.2, 0.25) is 0 Å². The number of ether oxygens (including phenoxy) is 2. The van der Waals surface area contributed by atoms with Crippen molar-refractivity contribution >= 4 is 12.1 Å². The van der Waals surface area contributed by atoms with Crippen LogP contribution in [0.3, 0.4) is 0 Å². The summed E-state index contributed by atoms with van der Waals surface area (Å²) in [7, 11) is 0. The number of carbonyl (C=O) groups excluding carboxylic acids is 2. The Labute approximate surface area is 130 Å². The van der Waals surface area contributed by atoms with E-state index < -0.39 is 12.1 Å². The number of benzene rings is 1. The van der Waals surface area contributed by atoms with Gasteiger partial charge in [-0.15, -0.1) is 0 Å². The third-order valence-electron chi connectivity index (χ3n) is 3.44. The van der Waals surface area contributed by atoms with E-state index >= 15 is 0 Å². The highest BCUT2D eigenvalue weighted by atomic mass is 16.6. The first-order chi connectivity index (χ1) is 10.7. The highest BCUT2D eigenvalue weighted by Crippen LogP contribution is 2.15. The summed E-state index contributed by atoms with van der Waals surface area (Å²) in [6.45, 7) is 2.70. The van der Waals surface area contributed by atoms with Crippen LogP contribution in [-0.4, -0.2) is 36.2 Å². The zero-order chi connectivity index (χ0) is 15.8. The van der Waals surface area contributed by atoms with Crippen molar-refractivity contribution in [3.8, 4) is 0 Å². The fourth-order valence-corrected chi connectivity index (χ4v) is 2.32. The zero-order valence-electron chi connectivity index (χ0n) is 12.7. The van der Waals surface area contributed by atoms with Gasteiger partial charge in [-0.25, -0.2) is 9.59 Å². The van der Waals surface area contributed by atoms with Crippen LogP contribution in [0.2, 0.25) is 0 Å². The molecule has 0 aliphatic carbocycles. The topological polar surface area (TPSA) is 55.8 Å². The number of hydrogen-bond acceptors (Lipinski definition) is 4. The molecule has 0 N–H and O–H groups in total. The minimum Gasteiger partial charge on any atom is -0.464 e. The molecule has 0 bridgehead atoms. The van der Waals surface area contributed by atoms with Crippen LogP contribution in [0.1, 0.15) is 25.3 Å². The molecule has 1 aliphatic heterocycles. The van der Waals surface area contributed by atoms with E-state index in [9.17, 15) is 9.59 Å². The second kappa shape index (κ2) is 8.22. The number of hydrogen-bond donors (Lipinski definition) is 0. The van der Waals surface area contributed by atoms with Gasteiger partial charge >= 0.3 is 12.1 Å². The monoisotopic (exact) mass is 303 g/mol. The molecule has 1 atom stereocenters. The first-order valence-corrected chi connectivity index (χ1v) is 7.51. The SMILES string of the molecule is CCOC(=O)C1CC=CCCN1C(=O)OCc1ccccc1. The van der Waals surface area contributed by atoms with Gasteiger partial charge in [-0.1, -0.05) is 42.5 Å². The van der Waals surface area contributed by atoms with Gasteiger partial charge in [-0.05, 0) is 25.3 Å². The van der Waals surface area contributed by atoms with Gasteiger partial charge < -0.3 is 9.47 Å². The van der Waals surface area contributed by atoms with Crippen molar-refractivity contribution in [1.82, 2.24) is 4.90 Å².